The first-order chi connectivity index (χ1) is 11.6. The Labute approximate surface area is 139 Å². The molecule has 2 aliphatic rings. The SMILES string of the molecule is O=C(c1ccccn1)C1C(c2ccc([N+](=O)[O-])cc2)[C@H]2C=C[C@@H]1C2. The van der Waals surface area contributed by atoms with Gasteiger partial charge in [-0.25, -0.2) is 0 Å². The van der Waals surface area contributed by atoms with E-state index in [2.05, 4.69) is 17.1 Å². The van der Waals surface area contributed by atoms with E-state index in [1.807, 2.05) is 6.07 Å². The molecule has 0 N–H and O–H groups in total. The minimum absolute atomic E-state index is 0.0651. The van der Waals surface area contributed by atoms with Crippen molar-refractivity contribution in [2.45, 2.75) is 12.3 Å². The van der Waals surface area contributed by atoms with Crippen LogP contribution in [0.2, 0.25) is 0 Å². The van der Waals surface area contributed by atoms with Gasteiger partial charge in [0, 0.05) is 30.2 Å². The fourth-order valence-corrected chi connectivity index (χ4v) is 4.13. The Balaban J connectivity index is 1.69. The van der Waals surface area contributed by atoms with Gasteiger partial charge < -0.3 is 0 Å². The second-order valence-electron chi connectivity index (χ2n) is 6.43. The summed E-state index contributed by atoms with van der Waals surface area (Å²) in [4.78, 5) is 27.6. The molecule has 0 aliphatic heterocycles. The molecule has 4 atom stereocenters. The number of non-ortho nitro benzene ring substituents is 1. The molecule has 2 aromatic rings. The number of allylic oxidation sites excluding steroid dienone is 2. The van der Waals surface area contributed by atoms with Crippen molar-refractivity contribution in [3.05, 3.63) is 82.2 Å². The van der Waals surface area contributed by atoms with Crippen LogP contribution in [0.1, 0.15) is 28.4 Å². The smallest absolute Gasteiger partial charge is 0.269 e. The zero-order valence-corrected chi connectivity index (χ0v) is 12.9. The molecule has 1 fully saturated rings. The highest BCUT2D eigenvalue weighted by Crippen LogP contribution is 2.53. The Morgan fingerprint density at radius 3 is 2.50 bits per heavy atom. The maximum absolute atomic E-state index is 13.0. The number of nitro benzene ring substituents is 1. The Hall–Kier alpha value is -2.82. The number of rotatable bonds is 4. The van der Waals surface area contributed by atoms with Gasteiger partial charge in [0.15, 0.2) is 5.78 Å². The van der Waals surface area contributed by atoms with E-state index in [9.17, 15) is 14.9 Å². The number of ketones is 1. The highest BCUT2D eigenvalue weighted by molar-refractivity contribution is 5.97. The topological polar surface area (TPSA) is 73.1 Å². The van der Waals surface area contributed by atoms with Gasteiger partial charge in [0.05, 0.1) is 4.92 Å². The fraction of sp³-hybridized carbons (Fsp3) is 0.263. The molecule has 0 spiro atoms. The molecule has 0 radical (unpaired) electrons. The molecule has 1 aromatic heterocycles. The van der Waals surface area contributed by atoms with Crippen LogP contribution in [0.25, 0.3) is 0 Å². The minimum atomic E-state index is -0.402. The highest BCUT2D eigenvalue weighted by Gasteiger charge is 2.48. The van der Waals surface area contributed by atoms with E-state index in [1.54, 1.807) is 30.5 Å². The number of nitrogens with zero attached hydrogens (tertiary/aromatic N) is 2. The maximum Gasteiger partial charge on any atom is 0.269 e. The van der Waals surface area contributed by atoms with E-state index in [0.717, 1.165) is 12.0 Å². The van der Waals surface area contributed by atoms with E-state index in [0.29, 0.717) is 11.6 Å². The number of carbonyl (C=O) groups is 1. The average Bonchev–Trinajstić information content (AvgIpc) is 3.23. The predicted octanol–water partition coefficient (Wildman–Crippen LogP) is 3.78. The number of nitro groups is 1. The summed E-state index contributed by atoms with van der Waals surface area (Å²) < 4.78 is 0. The number of carbonyl (C=O) groups excluding carboxylic acids is 1. The van der Waals surface area contributed by atoms with Crippen molar-refractivity contribution >= 4 is 11.5 Å². The lowest BCUT2D eigenvalue weighted by Gasteiger charge is -2.27. The first kappa shape index (κ1) is 14.8. The molecular weight excluding hydrogens is 304 g/mol. The van der Waals surface area contributed by atoms with E-state index in [1.165, 1.54) is 12.1 Å². The molecule has 120 valence electrons. The lowest BCUT2D eigenvalue weighted by molar-refractivity contribution is -0.384. The molecule has 1 aromatic carbocycles. The quantitative estimate of drug-likeness (QED) is 0.372. The Bertz CT molecular complexity index is 814. The summed E-state index contributed by atoms with van der Waals surface area (Å²) in [7, 11) is 0. The van der Waals surface area contributed by atoms with Gasteiger partial charge in [0.25, 0.3) is 5.69 Å². The van der Waals surface area contributed by atoms with Crippen LogP contribution in [0.5, 0.6) is 0 Å². The van der Waals surface area contributed by atoms with Crippen LogP contribution >= 0.6 is 0 Å². The van der Waals surface area contributed by atoms with E-state index in [4.69, 9.17) is 0 Å². The number of hydrogen-bond acceptors (Lipinski definition) is 4. The summed E-state index contributed by atoms with van der Waals surface area (Å²) in [6, 6.07) is 12.0. The lowest BCUT2D eigenvalue weighted by atomic mass is 9.75. The third-order valence-electron chi connectivity index (χ3n) is 5.17. The number of aromatic nitrogens is 1. The molecule has 0 amide bonds. The highest BCUT2D eigenvalue weighted by atomic mass is 16.6. The van der Waals surface area contributed by atoms with Gasteiger partial charge >= 0.3 is 0 Å². The van der Waals surface area contributed by atoms with Crippen molar-refractivity contribution in [1.82, 2.24) is 4.98 Å². The van der Waals surface area contributed by atoms with E-state index >= 15 is 0 Å². The van der Waals surface area contributed by atoms with Gasteiger partial charge in [-0.1, -0.05) is 30.4 Å². The van der Waals surface area contributed by atoms with E-state index in [-0.39, 0.29) is 29.2 Å². The van der Waals surface area contributed by atoms with Crippen LogP contribution in [0.3, 0.4) is 0 Å². The maximum atomic E-state index is 13.0. The van der Waals surface area contributed by atoms with Crippen LogP contribution in [0.4, 0.5) is 5.69 Å². The number of pyridine rings is 1. The van der Waals surface area contributed by atoms with Crippen LogP contribution in [0, 0.1) is 27.9 Å². The zero-order chi connectivity index (χ0) is 16.7. The van der Waals surface area contributed by atoms with Gasteiger partial charge in [-0.2, -0.15) is 0 Å². The summed E-state index contributed by atoms with van der Waals surface area (Å²) in [6.07, 6.45) is 6.92. The van der Waals surface area contributed by atoms with Crippen molar-refractivity contribution in [3.63, 3.8) is 0 Å². The molecule has 2 aliphatic carbocycles. The summed E-state index contributed by atoms with van der Waals surface area (Å²) in [5, 5.41) is 10.9. The molecule has 5 heteroatoms. The van der Waals surface area contributed by atoms with Gasteiger partial charge in [-0.05, 0) is 36.0 Å². The van der Waals surface area contributed by atoms with Crippen molar-refractivity contribution in [2.75, 3.05) is 0 Å². The number of Topliss-reactive ketones (excluding diaryl/α,β-unsaturated/α-hetero) is 1. The van der Waals surface area contributed by atoms with Crippen molar-refractivity contribution in [3.8, 4) is 0 Å². The van der Waals surface area contributed by atoms with E-state index < -0.39 is 4.92 Å². The molecule has 4 rings (SSSR count). The third kappa shape index (κ3) is 2.33. The first-order valence-corrected chi connectivity index (χ1v) is 8.03. The third-order valence-corrected chi connectivity index (χ3v) is 5.17. The van der Waals surface area contributed by atoms with Crippen molar-refractivity contribution in [2.24, 2.45) is 17.8 Å². The fourth-order valence-electron chi connectivity index (χ4n) is 4.13. The van der Waals surface area contributed by atoms with Crippen LogP contribution < -0.4 is 0 Å². The second-order valence-corrected chi connectivity index (χ2v) is 6.43. The molecule has 5 nitrogen and oxygen atoms in total. The average molecular weight is 320 g/mol. The predicted molar refractivity (Wildman–Crippen MR) is 88.6 cm³/mol. The molecule has 24 heavy (non-hydrogen) atoms. The summed E-state index contributed by atoms with van der Waals surface area (Å²) in [6.45, 7) is 0. The largest absolute Gasteiger partial charge is 0.292 e. The normalized spacial score (nSPS) is 27.3. The van der Waals surface area contributed by atoms with Gasteiger partial charge in [0.1, 0.15) is 5.69 Å². The monoisotopic (exact) mass is 320 g/mol. The lowest BCUT2D eigenvalue weighted by Crippen LogP contribution is -2.27. The standard InChI is InChI=1S/C19H16N2O3/c22-19(16-3-1-2-10-20-16)18-14-5-4-13(11-14)17(18)12-6-8-15(9-7-12)21(23)24/h1-10,13-14,17-18H,11H2/t13-,14+,17?,18?/m0/s1. The van der Waals surface area contributed by atoms with Gasteiger partial charge in [0.2, 0.25) is 0 Å². The molecule has 2 bridgehead atoms. The Morgan fingerprint density at radius 2 is 1.83 bits per heavy atom. The van der Waals surface area contributed by atoms with Crippen LogP contribution in [0.15, 0.2) is 60.8 Å². The van der Waals surface area contributed by atoms with Gasteiger partial charge in [-0.3, -0.25) is 19.9 Å². The van der Waals surface area contributed by atoms with Crippen LogP contribution in [-0.2, 0) is 0 Å². The van der Waals surface area contributed by atoms with Crippen molar-refractivity contribution < 1.29 is 9.72 Å². The molecule has 1 heterocycles. The number of fused-ring (bicyclic) bond motifs is 2. The molecule has 2 unspecified atom stereocenters. The van der Waals surface area contributed by atoms with Gasteiger partial charge in [-0.15, -0.1) is 0 Å². The second kappa shape index (κ2) is 5.67. The number of benzene rings is 1. The zero-order valence-electron chi connectivity index (χ0n) is 12.9. The minimum Gasteiger partial charge on any atom is -0.292 e. The molecule has 0 saturated heterocycles. The summed E-state index contributed by atoms with van der Waals surface area (Å²) in [5.41, 5.74) is 1.56. The summed E-state index contributed by atoms with van der Waals surface area (Å²) >= 11 is 0. The summed E-state index contributed by atoms with van der Waals surface area (Å²) in [5.74, 6) is 0.529. The van der Waals surface area contributed by atoms with Crippen molar-refractivity contribution in [1.29, 1.82) is 0 Å². The molecule has 1 saturated carbocycles. The van der Waals surface area contributed by atoms with Crippen LogP contribution in [-0.4, -0.2) is 15.7 Å². The first-order valence-electron chi connectivity index (χ1n) is 8.03. The Kier molecular flexibility index (Phi) is 3.49. The Morgan fingerprint density at radius 1 is 1.08 bits per heavy atom. The molecular formula is C19H16N2O3. The number of hydrogen-bond donors (Lipinski definition) is 0.